The zero-order valence-electron chi connectivity index (χ0n) is 11.7. The number of hydrogen-bond acceptors (Lipinski definition) is 2. The Kier molecular flexibility index (Phi) is 4.35. The third-order valence-corrected chi connectivity index (χ3v) is 3.97. The molecule has 0 radical (unpaired) electrons. The molecule has 0 unspecified atom stereocenters. The monoisotopic (exact) mass is 259 g/mol. The number of carbonyl (C=O) groups excluding carboxylic acids is 2. The molecule has 1 aromatic carbocycles. The average molecular weight is 259 g/mol. The summed E-state index contributed by atoms with van der Waals surface area (Å²) >= 11 is 0. The van der Waals surface area contributed by atoms with Crippen LogP contribution in [0.4, 0.5) is 0 Å². The molecular weight excluding hydrogens is 238 g/mol. The Labute approximate surface area is 114 Å². The van der Waals surface area contributed by atoms with Crippen molar-refractivity contribution in [1.29, 1.82) is 0 Å². The number of ketones is 1. The Morgan fingerprint density at radius 1 is 1.16 bits per heavy atom. The lowest BCUT2D eigenvalue weighted by Crippen LogP contribution is -2.36. The molecular formula is C16H21NO2. The van der Waals surface area contributed by atoms with Crippen molar-refractivity contribution >= 4 is 11.7 Å². The first-order valence-electron chi connectivity index (χ1n) is 7.00. The van der Waals surface area contributed by atoms with E-state index in [1.807, 2.05) is 24.0 Å². The van der Waals surface area contributed by atoms with E-state index in [2.05, 4.69) is 12.1 Å². The first kappa shape index (κ1) is 13.8. The number of likely N-dealkylation sites (tertiary alicyclic amines) is 1. The number of nitrogens with zero attached hydrogens (tertiary/aromatic N) is 1. The predicted molar refractivity (Wildman–Crippen MR) is 75.3 cm³/mol. The summed E-state index contributed by atoms with van der Waals surface area (Å²) in [6, 6.07) is 7.99. The SMILES string of the molecule is CCC(=O)c1ccc(C2CCN(C(C)=O)CC2)cc1. The quantitative estimate of drug-likeness (QED) is 0.782. The molecule has 3 nitrogen and oxygen atoms in total. The number of hydrogen-bond donors (Lipinski definition) is 0. The standard InChI is InChI=1S/C16H21NO2/c1-3-16(19)15-6-4-13(5-7-15)14-8-10-17(11-9-14)12(2)18/h4-7,14H,3,8-11H2,1-2H3. The minimum Gasteiger partial charge on any atom is -0.343 e. The largest absolute Gasteiger partial charge is 0.343 e. The van der Waals surface area contributed by atoms with Crippen LogP contribution in [-0.4, -0.2) is 29.7 Å². The minimum atomic E-state index is 0.169. The van der Waals surface area contributed by atoms with Gasteiger partial charge >= 0.3 is 0 Å². The van der Waals surface area contributed by atoms with Crippen molar-refractivity contribution in [2.45, 2.75) is 39.0 Å². The smallest absolute Gasteiger partial charge is 0.219 e. The molecule has 3 heteroatoms. The number of Topliss-reactive ketones (excluding diaryl/α,β-unsaturated/α-hetero) is 1. The molecule has 1 saturated heterocycles. The summed E-state index contributed by atoms with van der Waals surface area (Å²) in [6.45, 7) is 5.20. The van der Waals surface area contributed by atoms with Crippen molar-refractivity contribution in [2.24, 2.45) is 0 Å². The van der Waals surface area contributed by atoms with Crippen molar-refractivity contribution in [1.82, 2.24) is 4.90 Å². The van der Waals surface area contributed by atoms with Gasteiger partial charge in [-0.1, -0.05) is 31.2 Å². The van der Waals surface area contributed by atoms with Crippen LogP contribution < -0.4 is 0 Å². The Hall–Kier alpha value is -1.64. The number of benzene rings is 1. The molecule has 0 saturated carbocycles. The molecule has 1 fully saturated rings. The highest BCUT2D eigenvalue weighted by atomic mass is 16.2. The second-order valence-corrected chi connectivity index (χ2v) is 5.18. The van der Waals surface area contributed by atoms with Crippen LogP contribution in [0.3, 0.4) is 0 Å². The van der Waals surface area contributed by atoms with Gasteiger partial charge < -0.3 is 4.90 Å². The topological polar surface area (TPSA) is 37.4 Å². The zero-order valence-corrected chi connectivity index (χ0v) is 11.7. The predicted octanol–water partition coefficient (Wildman–Crippen LogP) is 3.01. The van der Waals surface area contributed by atoms with E-state index >= 15 is 0 Å². The van der Waals surface area contributed by atoms with E-state index < -0.39 is 0 Å². The molecule has 1 aromatic rings. The van der Waals surface area contributed by atoms with E-state index in [0.29, 0.717) is 12.3 Å². The molecule has 0 N–H and O–H groups in total. The van der Waals surface area contributed by atoms with Crippen LogP contribution in [-0.2, 0) is 4.79 Å². The van der Waals surface area contributed by atoms with Gasteiger partial charge in [-0.05, 0) is 24.3 Å². The average Bonchev–Trinajstić information content (AvgIpc) is 2.46. The van der Waals surface area contributed by atoms with Gasteiger partial charge in [0.2, 0.25) is 5.91 Å². The molecule has 102 valence electrons. The maximum absolute atomic E-state index is 11.6. The molecule has 2 rings (SSSR count). The lowest BCUT2D eigenvalue weighted by molar-refractivity contribution is -0.129. The highest BCUT2D eigenvalue weighted by molar-refractivity contribution is 5.95. The second kappa shape index (κ2) is 6.00. The van der Waals surface area contributed by atoms with Gasteiger partial charge in [0.15, 0.2) is 5.78 Å². The summed E-state index contributed by atoms with van der Waals surface area (Å²) in [5.74, 6) is 0.877. The molecule has 1 heterocycles. The van der Waals surface area contributed by atoms with Crippen LogP contribution in [0.1, 0.15) is 54.9 Å². The maximum atomic E-state index is 11.6. The fourth-order valence-electron chi connectivity index (χ4n) is 2.67. The fourth-order valence-corrected chi connectivity index (χ4v) is 2.67. The van der Waals surface area contributed by atoms with Crippen LogP contribution in [0.25, 0.3) is 0 Å². The highest BCUT2D eigenvalue weighted by Crippen LogP contribution is 2.28. The number of carbonyl (C=O) groups is 2. The van der Waals surface area contributed by atoms with Gasteiger partial charge in [0.25, 0.3) is 0 Å². The lowest BCUT2D eigenvalue weighted by Gasteiger charge is -2.31. The molecule has 0 spiro atoms. The molecule has 1 amide bonds. The van der Waals surface area contributed by atoms with Gasteiger partial charge in [0.1, 0.15) is 0 Å². The summed E-state index contributed by atoms with van der Waals surface area (Å²) < 4.78 is 0. The van der Waals surface area contributed by atoms with Crippen LogP contribution in [0, 0.1) is 0 Å². The van der Waals surface area contributed by atoms with Gasteiger partial charge in [-0.3, -0.25) is 9.59 Å². The van der Waals surface area contributed by atoms with E-state index in [9.17, 15) is 9.59 Å². The normalized spacial score (nSPS) is 16.4. The van der Waals surface area contributed by atoms with Crippen molar-refractivity contribution in [3.63, 3.8) is 0 Å². The highest BCUT2D eigenvalue weighted by Gasteiger charge is 2.21. The first-order chi connectivity index (χ1) is 9.11. The second-order valence-electron chi connectivity index (χ2n) is 5.18. The van der Waals surface area contributed by atoms with Gasteiger partial charge in [-0.15, -0.1) is 0 Å². The minimum absolute atomic E-state index is 0.169. The molecule has 19 heavy (non-hydrogen) atoms. The number of rotatable bonds is 3. The molecule has 0 aliphatic carbocycles. The van der Waals surface area contributed by atoms with Crippen LogP contribution >= 0.6 is 0 Å². The van der Waals surface area contributed by atoms with Gasteiger partial charge in [-0.25, -0.2) is 0 Å². The summed E-state index contributed by atoms with van der Waals surface area (Å²) in [5.41, 5.74) is 2.09. The Morgan fingerprint density at radius 2 is 1.74 bits per heavy atom. The number of amides is 1. The summed E-state index contributed by atoms with van der Waals surface area (Å²) in [5, 5.41) is 0. The molecule has 1 aliphatic heterocycles. The Bertz CT molecular complexity index is 456. The maximum Gasteiger partial charge on any atom is 0.219 e. The first-order valence-corrected chi connectivity index (χ1v) is 7.00. The van der Waals surface area contributed by atoms with E-state index in [1.54, 1.807) is 6.92 Å². The molecule has 0 bridgehead atoms. The third kappa shape index (κ3) is 3.22. The van der Waals surface area contributed by atoms with Gasteiger partial charge in [-0.2, -0.15) is 0 Å². The van der Waals surface area contributed by atoms with Crippen LogP contribution in [0.15, 0.2) is 24.3 Å². The zero-order chi connectivity index (χ0) is 13.8. The lowest BCUT2D eigenvalue weighted by atomic mass is 9.88. The van der Waals surface area contributed by atoms with E-state index in [-0.39, 0.29) is 11.7 Å². The van der Waals surface area contributed by atoms with Gasteiger partial charge in [0, 0.05) is 32.0 Å². The summed E-state index contributed by atoms with van der Waals surface area (Å²) in [4.78, 5) is 24.8. The Morgan fingerprint density at radius 3 is 2.21 bits per heavy atom. The molecule has 1 aliphatic rings. The van der Waals surface area contributed by atoms with E-state index in [4.69, 9.17) is 0 Å². The fraction of sp³-hybridized carbons (Fsp3) is 0.500. The summed E-state index contributed by atoms with van der Waals surface area (Å²) in [6.07, 6.45) is 2.58. The van der Waals surface area contributed by atoms with E-state index in [1.165, 1.54) is 5.56 Å². The molecule has 0 aromatic heterocycles. The Balaban J connectivity index is 2.00. The van der Waals surface area contributed by atoms with Crippen molar-refractivity contribution in [3.05, 3.63) is 35.4 Å². The van der Waals surface area contributed by atoms with Crippen molar-refractivity contribution in [2.75, 3.05) is 13.1 Å². The van der Waals surface area contributed by atoms with Crippen molar-refractivity contribution < 1.29 is 9.59 Å². The van der Waals surface area contributed by atoms with Gasteiger partial charge in [0.05, 0.1) is 0 Å². The number of piperidine rings is 1. The summed E-state index contributed by atoms with van der Waals surface area (Å²) in [7, 11) is 0. The molecule has 0 atom stereocenters. The van der Waals surface area contributed by atoms with Crippen LogP contribution in [0.5, 0.6) is 0 Å². The third-order valence-electron chi connectivity index (χ3n) is 3.97. The van der Waals surface area contributed by atoms with E-state index in [0.717, 1.165) is 31.5 Å². The van der Waals surface area contributed by atoms with Crippen LogP contribution in [0.2, 0.25) is 0 Å². The van der Waals surface area contributed by atoms with Crippen molar-refractivity contribution in [3.8, 4) is 0 Å².